The van der Waals surface area contributed by atoms with Gasteiger partial charge in [-0.15, -0.1) is 0 Å². The average molecular weight is 245 g/mol. The van der Waals surface area contributed by atoms with Crippen LogP contribution in [-0.4, -0.2) is 12.1 Å². The van der Waals surface area contributed by atoms with Crippen LogP contribution in [0, 0.1) is 0 Å². The van der Waals surface area contributed by atoms with Crippen LogP contribution in [0.15, 0.2) is 24.3 Å². The molecule has 1 aliphatic carbocycles. The largest absolute Gasteiger partial charge is 0.311 e. The predicted octanol–water partition coefficient (Wildman–Crippen LogP) is 4.10. The fraction of sp³-hybridized carbons (Fsp3) is 0.647. The van der Waals surface area contributed by atoms with Crippen molar-refractivity contribution in [3.63, 3.8) is 0 Å². The average Bonchev–Trinajstić information content (AvgIpc) is 2.43. The van der Waals surface area contributed by atoms with Crippen molar-refractivity contribution >= 4 is 0 Å². The number of aryl methyl sites for hydroxylation is 1. The molecule has 1 nitrogen and oxygen atoms in total. The van der Waals surface area contributed by atoms with Crippen LogP contribution in [0.4, 0.5) is 0 Å². The highest BCUT2D eigenvalue weighted by atomic mass is 14.9. The normalized spacial score (nSPS) is 20.4. The van der Waals surface area contributed by atoms with Gasteiger partial charge >= 0.3 is 0 Å². The predicted molar refractivity (Wildman–Crippen MR) is 79.0 cm³/mol. The molecule has 0 saturated heterocycles. The van der Waals surface area contributed by atoms with Crippen molar-refractivity contribution in [1.29, 1.82) is 0 Å². The smallest absolute Gasteiger partial charge is 0.0113 e. The van der Waals surface area contributed by atoms with Crippen molar-refractivity contribution < 1.29 is 0 Å². The van der Waals surface area contributed by atoms with Crippen molar-refractivity contribution in [3.8, 4) is 0 Å². The topological polar surface area (TPSA) is 12.0 Å². The van der Waals surface area contributed by atoms with Gasteiger partial charge in [-0.1, -0.05) is 51.0 Å². The zero-order chi connectivity index (χ0) is 12.8. The highest BCUT2D eigenvalue weighted by Crippen LogP contribution is 2.22. The number of benzene rings is 1. The van der Waals surface area contributed by atoms with Gasteiger partial charge in [-0.25, -0.2) is 0 Å². The number of rotatable bonds is 6. The Kier molecular flexibility index (Phi) is 5.25. The molecule has 0 spiro atoms. The van der Waals surface area contributed by atoms with E-state index < -0.39 is 0 Å². The molecule has 0 amide bonds. The Balaban J connectivity index is 1.88. The number of hydrogen-bond acceptors (Lipinski definition) is 1. The molecule has 0 aliphatic heterocycles. The lowest BCUT2D eigenvalue weighted by atomic mass is 9.87. The van der Waals surface area contributed by atoms with Gasteiger partial charge in [-0.2, -0.15) is 0 Å². The molecule has 0 saturated carbocycles. The maximum atomic E-state index is 3.88. The van der Waals surface area contributed by atoms with Crippen LogP contribution in [0.5, 0.6) is 0 Å². The molecule has 1 aromatic rings. The third-order valence-corrected chi connectivity index (χ3v) is 4.22. The van der Waals surface area contributed by atoms with Crippen molar-refractivity contribution in [3.05, 3.63) is 35.4 Å². The summed E-state index contributed by atoms with van der Waals surface area (Å²) in [6.07, 6.45) is 9.04. The van der Waals surface area contributed by atoms with Crippen molar-refractivity contribution in [2.45, 2.75) is 70.9 Å². The van der Waals surface area contributed by atoms with E-state index in [2.05, 4.69) is 43.4 Å². The Labute approximate surface area is 112 Å². The molecule has 0 fully saturated rings. The number of nitrogens with one attached hydrogen (secondary N) is 1. The Morgan fingerprint density at radius 2 is 2.00 bits per heavy atom. The van der Waals surface area contributed by atoms with Crippen LogP contribution in [0.1, 0.15) is 57.1 Å². The van der Waals surface area contributed by atoms with Crippen LogP contribution >= 0.6 is 0 Å². The van der Waals surface area contributed by atoms with E-state index in [-0.39, 0.29) is 0 Å². The molecule has 1 N–H and O–H groups in total. The van der Waals surface area contributed by atoms with E-state index in [4.69, 9.17) is 0 Å². The minimum atomic E-state index is 0.696. The Morgan fingerprint density at radius 3 is 2.72 bits per heavy atom. The summed E-state index contributed by atoms with van der Waals surface area (Å²) in [4.78, 5) is 0. The number of hydrogen-bond donors (Lipinski definition) is 1. The van der Waals surface area contributed by atoms with Gasteiger partial charge in [-0.05, 0) is 43.2 Å². The van der Waals surface area contributed by atoms with Crippen LogP contribution in [0.3, 0.4) is 0 Å². The second-order valence-corrected chi connectivity index (χ2v) is 5.62. The molecule has 1 aliphatic rings. The van der Waals surface area contributed by atoms with Crippen LogP contribution in [-0.2, 0) is 12.8 Å². The SMILES string of the molecule is CCCCC(CC)NC1CCc2ccccc2C1. The molecule has 1 aromatic carbocycles. The molecular formula is C17H27N. The standard InChI is InChI=1S/C17H27N/c1-3-5-10-16(4-2)18-17-12-11-14-8-6-7-9-15(14)13-17/h6-9,16-18H,3-5,10-13H2,1-2H3. The van der Waals surface area contributed by atoms with Gasteiger partial charge in [-0.3, -0.25) is 0 Å². The van der Waals surface area contributed by atoms with E-state index in [1.165, 1.54) is 44.9 Å². The van der Waals surface area contributed by atoms with Gasteiger partial charge in [0.15, 0.2) is 0 Å². The minimum Gasteiger partial charge on any atom is -0.311 e. The quantitative estimate of drug-likeness (QED) is 0.795. The molecule has 1 heteroatoms. The minimum absolute atomic E-state index is 0.696. The Hall–Kier alpha value is -0.820. The Bertz CT molecular complexity index is 358. The van der Waals surface area contributed by atoms with E-state index in [0.717, 1.165) is 6.04 Å². The summed E-state index contributed by atoms with van der Waals surface area (Å²) in [5.41, 5.74) is 3.13. The van der Waals surface area contributed by atoms with E-state index >= 15 is 0 Å². The summed E-state index contributed by atoms with van der Waals surface area (Å²) in [6, 6.07) is 10.4. The molecule has 0 bridgehead atoms. The summed E-state index contributed by atoms with van der Waals surface area (Å²) < 4.78 is 0. The van der Waals surface area contributed by atoms with Crippen molar-refractivity contribution in [2.24, 2.45) is 0 Å². The zero-order valence-electron chi connectivity index (χ0n) is 11.9. The van der Waals surface area contributed by atoms with Gasteiger partial charge in [0.25, 0.3) is 0 Å². The molecule has 2 atom stereocenters. The maximum absolute atomic E-state index is 3.88. The summed E-state index contributed by atoms with van der Waals surface area (Å²) in [5.74, 6) is 0. The number of unbranched alkanes of at least 4 members (excludes halogenated alkanes) is 1. The van der Waals surface area contributed by atoms with Crippen LogP contribution in [0.25, 0.3) is 0 Å². The van der Waals surface area contributed by atoms with Gasteiger partial charge < -0.3 is 5.32 Å². The first kappa shape index (κ1) is 13.6. The highest BCUT2D eigenvalue weighted by molar-refractivity contribution is 5.30. The summed E-state index contributed by atoms with van der Waals surface area (Å²) in [5, 5.41) is 3.88. The highest BCUT2D eigenvalue weighted by Gasteiger charge is 2.20. The van der Waals surface area contributed by atoms with Crippen LogP contribution < -0.4 is 5.32 Å². The fourth-order valence-electron chi connectivity index (χ4n) is 3.03. The van der Waals surface area contributed by atoms with E-state index in [1.807, 2.05) is 0 Å². The lowest BCUT2D eigenvalue weighted by molar-refractivity contribution is 0.364. The van der Waals surface area contributed by atoms with Gasteiger partial charge in [0, 0.05) is 12.1 Å². The summed E-state index contributed by atoms with van der Waals surface area (Å²) in [6.45, 7) is 4.59. The monoisotopic (exact) mass is 245 g/mol. The second kappa shape index (κ2) is 6.94. The van der Waals surface area contributed by atoms with E-state index in [1.54, 1.807) is 11.1 Å². The summed E-state index contributed by atoms with van der Waals surface area (Å²) in [7, 11) is 0. The molecule has 0 aromatic heterocycles. The third kappa shape index (κ3) is 3.58. The second-order valence-electron chi connectivity index (χ2n) is 5.62. The molecule has 2 unspecified atom stereocenters. The van der Waals surface area contributed by atoms with E-state index in [9.17, 15) is 0 Å². The van der Waals surface area contributed by atoms with E-state index in [0.29, 0.717) is 6.04 Å². The molecule has 2 rings (SSSR count). The molecule has 0 heterocycles. The maximum Gasteiger partial charge on any atom is 0.0113 e. The first-order valence-corrected chi connectivity index (χ1v) is 7.66. The zero-order valence-corrected chi connectivity index (χ0v) is 11.9. The first-order valence-electron chi connectivity index (χ1n) is 7.66. The summed E-state index contributed by atoms with van der Waals surface area (Å²) >= 11 is 0. The van der Waals surface area contributed by atoms with Crippen molar-refractivity contribution in [2.75, 3.05) is 0 Å². The molecule has 18 heavy (non-hydrogen) atoms. The first-order chi connectivity index (χ1) is 8.83. The Morgan fingerprint density at radius 1 is 1.22 bits per heavy atom. The lowest BCUT2D eigenvalue weighted by Gasteiger charge is -2.29. The fourth-order valence-corrected chi connectivity index (χ4v) is 3.03. The van der Waals surface area contributed by atoms with Gasteiger partial charge in [0.2, 0.25) is 0 Å². The third-order valence-electron chi connectivity index (χ3n) is 4.22. The van der Waals surface area contributed by atoms with Gasteiger partial charge in [0.05, 0.1) is 0 Å². The molecule has 0 radical (unpaired) electrons. The molecule has 100 valence electrons. The number of fused-ring (bicyclic) bond motifs is 1. The van der Waals surface area contributed by atoms with Crippen molar-refractivity contribution in [1.82, 2.24) is 5.32 Å². The van der Waals surface area contributed by atoms with Gasteiger partial charge in [0.1, 0.15) is 0 Å². The lowest BCUT2D eigenvalue weighted by Crippen LogP contribution is -2.41. The van der Waals surface area contributed by atoms with Crippen LogP contribution in [0.2, 0.25) is 0 Å². The molecular weight excluding hydrogens is 218 g/mol.